The normalized spacial score (nSPS) is 11.4. The summed E-state index contributed by atoms with van der Waals surface area (Å²) in [5, 5.41) is 5.29. The lowest BCUT2D eigenvalue weighted by atomic mass is 10.1. The van der Waals surface area contributed by atoms with Gasteiger partial charge in [-0.3, -0.25) is 0 Å². The molecule has 0 radical (unpaired) electrons. The van der Waals surface area contributed by atoms with E-state index >= 15 is 0 Å². The Kier molecular flexibility index (Phi) is 8.16. The highest BCUT2D eigenvalue weighted by atomic mass is 35.5. The van der Waals surface area contributed by atoms with Crippen molar-refractivity contribution in [1.82, 2.24) is 0 Å². The van der Waals surface area contributed by atoms with E-state index in [1.807, 2.05) is 6.07 Å². The molecule has 0 aromatic heterocycles. The highest BCUT2D eigenvalue weighted by molar-refractivity contribution is 7.95. The minimum Gasteiger partial charge on any atom is -0.0843 e. The maximum Gasteiger partial charge on any atom is 0.112 e. The van der Waals surface area contributed by atoms with Crippen LogP contribution in [0.5, 0.6) is 0 Å². The highest BCUT2D eigenvalue weighted by Crippen LogP contribution is 2.55. The fourth-order valence-electron chi connectivity index (χ4n) is 4.61. The van der Waals surface area contributed by atoms with Gasteiger partial charge >= 0.3 is 0 Å². The van der Waals surface area contributed by atoms with Crippen molar-refractivity contribution in [3.05, 3.63) is 126 Å². The summed E-state index contributed by atoms with van der Waals surface area (Å²) in [6, 6.07) is 41.9. The second kappa shape index (κ2) is 11.5. The third-order valence-corrected chi connectivity index (χ3v) is 11.0. The molecule has 0 saturated heterocycles. The van der Waals surface area contributed by atoms with Crippen LogP contribution in [-0.2, 0) is 6.42 Å². The second-order valence-electron chi connectivity index (χ2n) is 8.33. The van der Waals surface area contributed by atoms with E-state index in [4.69, 9.17) is 11.6 Å². The fourth-order valence-corrected chi connectivity index (χ4v) is 9.23. The van der Waals surface area contributed by atoms with Gasteiger partial charge in [-0.25, -0.2) is 0 Å². The SMILES string of the molecule is Clc1cccc(CCCCCC[P+](c2ccccc2)(c2ccccc2)c2ccccc2)c1. The van der Waals surface area contributed by atoms with Gasteiger partial charge in [0.15, 0.2) is 0 Å². The van der Waals surface area contributed by atoms with E-state index in [9.17, 15) is 0 Å². The van der Waals surface area contributed by atoms with Gasteiger partial charge in [0.25, 0.3) is 0 Å². The van der Waals surface area contributed by atoms with Gasteiger partial charge in [0.1, 0.15) is 23.2 Å². The fraction of sp³-hybridized carbons (Fsp3) is 0.200. The van der Waals surface area contributed by atoms with Crippen LogP contribution in [0.25, 0.3) is 0 Å². The van der Waals surface area contributed by atoms with Crippen molar-refractivity contribution in [3.8, 4) is 0 Å². The summed E-state index contributed by atoms with van der Waals surface area (Å²) >= 11 is 6.14. The molecule has 0 unspecified atom stereocenters. The maximum absolute atomic E-state index is 6.14. The van der Waals surface area contributed by atoms with Crippen molar-refractivity contribution in [2.75, 3.05) is 6.16 Å². The first kappa shape index (κ1) is 22.8. The van der Waals surface area contributed by atoms with Crippen LogP contribution in [0.3, 0.4) is 0 Å². The molecule has 4 rings (SSSR count). The van der Waals surface area contributed by atoms with Crippen molar-refractivity contribution in [2.45, 2.75) is 32.1 Å². The minimum atomic E-state index is -1.68. The largest absolute Gasteiger partial charge is 0.112 e. The molecular weight excluding hydrogens is 427 g/mol. The van der Waals surface area contributed by atoms with Crippen LogP contribution < -0.4 is 15.9 Å². The van der Waals surface area contributed by atoms with E-state index < -0.39 is 7.26 Å². The van der Waals surface area contributed by atoms with Gasteiger partial charge in [-0.2, -0.15) is 0 Å². The topological polar surface area (TPSA) is 0 Å². The Balaban J connectivity index is 1.52. The molecule has 0 spiro atoms. The van der Waals surface area contributed by atoms with Gasteiger partial charge in [0.05, 0.1) is 6.16 Å². The molecule has 0 saturated carbocycles. The Bertz CT molecular complexity index is 981. The lowest BCUT2D eigenvalue weighted by molar-refractivity contribution is 0.669. The van der Waals surface area contributed by atoms with E-state index in [0.717, 1.165) is 11.4 Å². The van der Waals surface area contributed by atoms with Crippen LogP contribution >= 0.6 is 18.9 Å². The Labute approximate surface area is 198 Å². The smallest absolute Gasteiger partial charge is 0.0843 e. The summed E-state index contributed by atoms with van der Waals surface area (Å²) in [7, 11) is -1.68. The molecule has 4 aromatic rings. The molecule has 4 aromatic carbocycles. The molecule has 0 aliphatic heterocycles. The first-order valence-electron chi connectivity index (χ1n) is 11.6. The molecule has 0 N–H and O–H groups in total. The van der Waals surface area contributed by atoms with Crippen molar-refractivity contribution in [3.63, 3.8) is 0 Å². The van der Waals surface area contributed by atoms with Crippen LogP contribution in [-0.4, -0.2) is 6.16 Å². The zero-order valence-corrected chi connectivity index (χ0v) is 20.2. The first-order valence-corrected chi connectivity index (χ1v) is 13.9. The molecule has 162 valence electrons. The molecule has 0 aliphatic carbocycles. The second-order valence-corrected chi connectivity index (χ2v) is 12.4. The molecule has 0 aliphatic rings. The van der Waals surface area contributed by atoms with Crippen LogP contribution in [0.2, 0.25) is 5.02 Å². The summed E-state index contributed by atoms with van der Waals surface area (Å²) in [4.78, 5) is 0. The number of rotatable bonds is 10. The average Bonchev–Trinajstić information content (AvgIpc) is 2.85. The summed E-state index contributed by atoms with van der Waals surface area (Å²) < 4.78 is 0. The summed E-state index contributed by atoms with van der Waals surface area (Å²) in [6.45, 7) is 0. The Hall–Kier alpha value is -2.40. The van der Waals surface area contributed by atoms with Crippen LogP contribution in [0, 0.1) is 0 Å². The van der Waals surface area contributed by atoms with Crippen LogP contribution in [0.4, 0.5) is 0 Å². The van der Waals surface area contributed by atoms with Gasteiger partial charge in [0.2, 0.25) is 0 Å². The van der Waals surface area contributed by atoms with Crippen molar-refractivity contribution in [2.24, 2.45) is 0 Å². The number of unbranched alkanes of at least 4 members (excludes halogenated alkanes) is 3. The van der Waals surface area contributed by atoms with Crippen molar-refractivity contribution < 1.29 is 0 Å². The predicted octanol–water partition coefficient (Wildman–Crippen LogP) is 7.44. The summed E-state index contributed by atoms with van der Waals surface area (Å²) in [6.07, 6.45) is 7.29. The molecule has 0 amide bonds. The minimum absolute atomic E-state index is 0.839. The molecular formula is C30H31ClP+. The zero-order valence-electron chi connectivity index (χ0n) is 18.5. The third-order valence-electron chi connectivity index (χ3n) is 6.19. The third kappa shape index (κ3) is 5.50. The molecule has 32 heavy (non-hydrogen) atoms. The number of hydrogen-bond acceptors (Lipinski definition) is 0. The van der Waals surface area contributed by atoms with E-state index in [1.54, 1.807) is 0 Å². The Morgan fingerprint density at radius 1 is 0.500 bits per heavy atom. The van der Waals surface area contributed by atoms with Crippen LogP contribution in [0.15, 0.2) is 115 Å². The lowest BCUT2D eigenvalue weighted by Crippen LogP contribution is -2.33. The van der Waals surface area contributed by atoms with E-state index in [1.165, 1.54) is 53.3 Å². The molecule has 0 fully saturated rings. The number of halogens is 1. The summed E-state index contributed by atoms with van der Waals surface area (Å²) in [5.41, 5.74) is 1.34. The average molecular weight is 458 g/mol. The summed E-state index contributed by atoms with van der Waals surface area (Å²) in [5.74, 6) is 0. The highest BCUT2D eigenvalue weighted by Gasteiger charge is 2.44. The Morgan fingerprint density at radius 3 is 1.50 bits per heavy atom. The van der Waals surface area contributed by atoms with Gasteiger partial charge in [-0.15, -0.1) is 0 Å². The van der Waals surface area contributed by atoms with Gasteiger partial charge in [-0.05, 0) is 79.8 Å². The van der Waals surface area contributed by atoms with E-state index in [-0.39, 0.29) is 0 Å². The van der Waals surface area contributed by atoms with E-state index in [2.05, 4.69) is 109 Å². The lowest BCUT2D eigenvalue weighted by Gasteiger charge is -2.27. The monoisotopic (exact) mass is 457 g/mol. The number of benzene rings is 4. The van der Waals surface area contributed by atoms with Gasteiger partial charge in [0, 0.05) is 5.02 Å². The number of hydrogen-bond donors (Lipinski definition) is 0. The quantitative estimate of drug-likeness (QED) is 0.171. The maximum atomic E-state index is 6.14. The Morgan fingerprint density at radius 2 is 1.00 bits per heavy atom. The van der Waals surface area contributed by atoms with E-state index in [0.29, 0.717) is 0 Å². The standard InChI is InChI=1S/C30H31ClP/c31-27-17-14-16-26(25-27)15-6-1-2-13-24-32(28-18-7-3-8-19-28,29-20-9-4-10-21-29)30-22-11-5-12-23-30/h3-5,7-12,14,16-23,25H,1-2,6,13,15,24H2/q+1. The van der Waals surface area contributed by atoms with Crippen LogP contribution in [0.1, 0.15) is 31.2 Å². The van der Waals surface area contributed by atoms with Crippen molar-refractivity contribution >= 4 is 34.8 Å². The molecule has 0 heterocycles. The zero-order chi connectivity index (χ0) is 22.1. The molecule has 2 heteroatoms. The predicted molar refractivity (Wildman–Crippen MR) is 144 cm³/mol. The van der Waals surface area contributed by atoms with Crippen molar-refractivity contribution in [1.29, 1.82) is 0 Å². The molecule has 0 atom stereocenters. The number of aryl methyl sites for hydroxylation is 1. The van der Waals surface area contributed by atoms with Gasteiger partial charge in [-0.1, -0.05) is 84.8 Å². The van der Waals surface area contributed by atoms with Gasteiger partial charge < -0.3 is 0 Å². The molecule has 0 bridgehead atoms. The molecule has 0 nitrogen and oxygen atoms in total. The first-order chi connectivity index (χ1) is 15.8.